The van der Waals surface area contributed by atoms with Gasteiger partial charge in [0.25, 0.3) is 0 Å². The summed E-state index contributed by atoms with van der Waals surface area (Å²) >= 11 is 0. The fraction of sp³-hybridized carbons (Fsp3) is 0.312. The van der Waals surface area contributed by atoms with Gasteiger partial charge in [-0.25, -0.2) is 4.39 Å². The van der Waals surface area contributed by atoms with Gasteiger partial charge in [-0.05, 0) is 32.0 Å². The van der Waals surface area contributed by atoms with Crippen LogP contribution < -0.4 is 10.1 Å². The molecule has 0 radical (unpaired) electrons. The normalized spacial score (nSPS) is 10.6. The Bertz CT molecular complexity index is 599. The average molecular weight is 274 g/mol. The number of benzene rings is 1. The lowest BCUT2D eigenvalue weighted by Gasteiger charge is -2.12. The number of hydrogen-bond acceptors (Lipinski definition) is 3. The van der Waals surface area contributed by atoms with Gasteiger partial charge in [0.2, 0.25) is 0 Å². The van der Waals surface area contributed by atoms with Gasteiger partial charge in [0.05, 0.1) is 0 Å². The molecule has 0 bridgehead atoms. The van der Waals surface area contributed by atoms with E-state index in [4.69, 9.17) is 4.74 Å². The monoisotopic (exact) mass is 274 g/mol. The Morgan fingerprint density at radius 3 is 2.75 bits per heavy atom. The first-order chi connectivity index (χ1) is 9.60. The fourth-order valence-electron chi connectivity index (χ4n) is 1.81. The number of nitrogens with zero attached hydrogens (tertiary/aromatic N) is 1. The van der Waals surface area contributed by atoms with E-state index in [1.807, 2.05) is 19.9 Å². The van der Waals surface area contributed by atoms with Gasteiger partial charge in [0.15, 0.2) is 0 Å². The highest BCUT2D eigenvalue weighted by Crippen LogP contribution is 2.26. The quantitative estimate of drug-likeness (QED) is 0.902. The Hall–Kier alpha value is -1.94. The summed E-state index contributed by atoms with van der Waals surface area (Å²) in [7, 11) is 0. The van der Waals surface area contributed by atoms with Crippen LogP contribution in [-0.2, 0) is 6.54 Å². The van der Waals surface area contributed by atoms with Crippen LogP contribution in [0, 0.1) is 19.7 Å². The third kappa shape index (κ3) is 3.54. The maximum atomic E-state index is 13.6. The highest BCUT2D eigenvalue weighted by molar-refractivity contribution is 5.38. The SMILES string of the molecule is CCNCc1cnc(C)cc1Oc1ccc(C)c(F)c1. The Morgan fingerprint density at radius 2 is 2.05 bits per heavy atom. The van der Waals surface area contributed by atoms with Crippen molar-refractivity contribution in [1.82, 2.24) is 10.3 Å². The Labute approximate surface area is 118 Å². The molecule has 1 aromatic heterocycles. The smallest absolute Gasteiger partial charge is 0.135 e. The van der Waals surface area contributed by atoms with Gasteiger partial charge in [-0.1, -0.05) is 13.0 Å². The van der Waals surface area contributed by atoms with Crippen LogP contribution in [0.5, 0.6) is 11.5 Å². The van der Waals surface area contributed by atoms with Crippen LogP contribution in [0.15, 0.2) is 30.5 Å². The number of aromatic nitrogens is 1. The Balaban J connectivity index is 2.26. The lowest BCUT2D eigenvalue weighted by molar-refractivity contribution is 0.466. The lowest BCUT2D eigenvalue weighted by atomic mass is 10.2. The van der Waals surface area contributed by atoms with Gasteiger partial charge in [0, 0.05) is 36.1 Å². The molecule has 0 aliphatic heterocycles. The number of hydrogen-bond donors (Lipinski definition) is 1. The summed E-state index contributed by atoms with van der Waals surface area (Å²) in [4.78, 5) is 4.27. The molecule has 1 N–H and O–H groups in total. The van der Waals surface area contributed by atoms with Gasteiger partial charge in [-0.15, -0.1) is 0 Å². The zero-order chi connectivity index (χ0) is 14.5. The van der Waals surface area contributed by atoms with E-state index in [-0.39, 0.29) is 5.82 Å². The number of aryl methyl sites for hydroxylation is 2. The molecule has 106 valence electrons. The second kappa shape index (κ2) is 6.48. The highest BCUT2D eigenvalue weighted by Gasteiger charge is 2.08. The van der Waals surface area contributed by atoms with Crippen molar-refractivity contribution in [3.63, 3.8) is 0 Å². The topological polar surface area (TPSA) is 34.2 Å². The lowest BCUT2D eigenvalue weighted by Crippen LogP contribution is -2.12. The molecule has 1 heterocycles. The molecule has 0 spiro atoms. The maximum absolute atomic E-state index is 13.6. The second-order valence-electron chi connectivity index (χ2n) is 4.73. The van der Waals surface area contributed by atoms with Crippen molar-refractivity contribution in [3.05, 3.63) is 53.1 Å². The zero-order valence-corrected chi connectivity index (χ0v) is 12.0. The number of pyridine rings is 1. The van der Waals surface area contributed by atoms with E-state index in [1.165, 1.54) is 6.07 Å². The molecule has 0 aliphatic carbocycles. The summed E-state index contributed by atoms with van der Waals surface area (Å²) in [6.07, 6.45) is 1.79. The van der Waals surface area contributed by atoms with Crippen molar-refractivity contribution >= 4 is 0 Å². The highest BCUT2D eigenvalue weighted by atomic mass is 19.1. The third-order valence-corrected chi connectivity index (χ3v) is 3.02. The standard InChI is InChI=1S/C16H19FN2O/c1-4-18-9-13-10-19-12(3)7-16(13)20-14-6-5-11(2)15(17)8-14/h5-8,10,18H,4,9H2,1-3H3. The van der Waals surface area contributed by atoms with Crippen LogP contribution in [0.4, 0.5) is 4.39 Å². The molecule has 2 aromatic rings. The minimum atomic E-state index is -0.262. The van der Waals surface area contributed by atoms with Crippen molar-refractivity contribution in [3.8, 4) is 11.5 Å². The zero-order valence-electron chi connectivity index (χ0n) is 12.0. The molecule has 2 rings (SSSR count). The molecular weight excluding hydrogens is 255 g/mol. The molecule has 0 saturated carbocycles. The minimum Gasteiger partial charge on any atom is -0.457 e. The first kappa shape index (κ1) is 14.5. The van der Waals surface area contributed by atoms with Gasteiger partial charge in [-0.3, -0.25) is 4.98 Å². The summed E-state index contributed by atoms with van der Waals surface area (Å²) in [5.41, 5.74) is 2.43. The van der Waals surface area contributed by atoms with E-state index in [0.29, 0.717) is 23.6 Å². The minimum absolute atomic E-state index is 0.262. The van der Waals surface area contributed by atoms with Gasteiger partial charge < -0.3 is 10.1 Å². The first-order valence-electron chi connectivity index (χ1n) is 6.70. The number of halogens is 1. The van der Waals surface area contributed by atoms with Crippen molar-refractivity contribution in [2.75, 3.05) is 6.54 Å². The number of ether oxygens (including phenoxy) is 1. The van der Waals surface area contributed by atoms with E-state index >= 15 is 0 Å². The molecule has 0 saturated heterocycles. The first-order valence-corrected chi connectivity index (χ1v) is 6.70. The molecular formula is C16H19FN2O. The molecule has 1 aromatic carbocycles. The largest absolute Gasteiger partial charge is 0.457 e. The Morgan fingerprint density at radius 1 is 1.25 bits per heavy atom. The summed E-state index contributed by atoms with van der Waals surface area (Å²) in [5, 5.41) is 3.24. The van der Waals surface area contributed by atoms with E-state index < -0.39 is 0 Å². The van der Waals surface area contributed by atoms with Crippen LogP contribution in [0.2, 0.25) is 0 Å². The second-order valence-corrected chi connectivity index (χ2v) is 4.73. The number of nitrogens with one attached hydrogen (secondary N) is 1. The fourth-order valence-corrected chi connectivity index (χ4v) is 1.81. The van der Waals surface area contributed by atoms with Crippen LogP contribution >= 0.6 is 0 Å². The molecule has 3 nitrogen and oxygen atoms in total. The van der Waals surface area contributed by atoms with Crippen LogP contribution in [0.3, 0.4) is 0 Å². The van der Waals surface area contributed by atoms with Crippen molar-refractivity contribution < 1.29 is 9.13 Å². The van der Waals surface area contributed by atoms with Crippen LogP contribution in [0.25, 0.3) is 0 Å². The van der Waals surface area contributed by atoms with E-state index in [2.05, 4.69) is 10.3 Å². The van der Waals surface area contributed by atoms with Crippen molar-refractivity contribution in [1.29, 1.82) is 0 Å². The molecule has 0 unspecified atom stereocenters. The Kier molecular flexibility index (Phi) is 4.69. The summed E-state index contributed by atoms with van der Waals surface area (Å²) in [6.45, 7) is 7.21. The average Bonchev–Trinajstić information content (AvgIpc) is 2.42. The van der Waals surface area contributed by atoms with Gasteiger partial charge in [-0.2, -0.15) is 0 Å². The number of rotatable bonds is 5. The van der Waals surface area contributed by atoms with Crippen molar-refractivity contribution in [2.45, 2.75) is 27.3 Å². The van der Waals surface area contributed by atoms with E-state index in [0.717, 1.165) is 17.8 Å². The van der Waals surface area contributed by atoms with Crippen LogP contribution in [-0.4, -0.2) is 11.5 Å². The summed E-state index contributed by atoms with van der Waals surface area (Å²) in [6, 6.07) is 6.75. The molecule has 0 amide bonds. The van der Waals surface area contributed by atoms with Crippen molar-refractivity contribution in [2.24, 2.45) is 0 Å². The molecule has 20 heavy (non-hydrogen) atoms. The van der Waals surface area contributed by atoms with Crippen LogP contribution in [0.1, 0.15) is 23.7 Å². The van der Waals surface area contributed by atoms with E-state index in [1.54, 1.807) is 25.3 Å². The maximum Gasteiger partial charge on any atom is 0.135 e. The third-order valence-electron chi connectivity index (χ3n) is 3.02. The molecule has 4 heteroatoms. The molecule has 0 atom stereocenters. The van der Waals surface area contributed by atoms with Gasteiger partial charge >= 0.3 is 0 Å². The predicted octanol–water partition coefficient (Wildman–Crippen LogP) is 3.74. The predicted molar refractivity (Wildman–Crippen MR) is 77.6 cm³/mol. The molecule has 0 fully saturated rings. The molecule has 0 aliphatic rings. The van der Waals surface area contributed by atoms with E-state index in [9.17, 15) is 4.39 Å². The summed E-state index contributed by atoms with van der Waals surface area (Å²) in [5.74, 6) is 0.944. The summed E-state index contributed by atoms with van der Waals surface area (Å²) < 4.78 is 19.4. The van der Waals surface area contributed by atoms with Gasteiger partial charge in [0.1, 0.15) is 17.3 Å².